The molecule has 4 amide bonds. The molecule has 0 aliphatic rings. The highest BCUT2D eigenvalue weighted by molar-refractivity contribution is 5.97. The van der Waals surface area contributed by atoms with Crippen molar-refractivity contribution in [3.05, 3.63) is 23.8 Å². The van der Waals surface area contributed by atoms with E-state index in [0.29, 0.717) is 11.3 Å². The molecule has 0 saturated heterocycles. The molecule has 8 heteroatoms. The predicted octanol–water partition coefficient (Wildman–Crippen LogP) is 1.85. The summed E-state index contributed by atoms with van der Waals surface area (Å²) in [7, 11) is 0. The monoisotopic (exact) mass is 349 g/mol. The van der Waals surface area contributed by atoms with E-state index in [1.165, 1.54) is 32.0 Å². The number of amides is 4. The van der Waals surface area contributed by atoms with E-state index in [1.54, 1.807) is 20.8 Å². The zero-order chi connectivity index (χ0) is 19.2. The molecule has 0 spiro atoms. The minimum atomic E-state index is -0.663. The van der Waals surface area contributed by atoms with Crippen LogP contribution in [0.15, 0.2) is 18.2 Å². The third-order valence-corrected chi connectivity index (χ3v) is 2.80. The van der Waals surface area contributed by atoms with Crippen LogP contribution in [0.4, 0.5) is 10.5 Å². The first-order chi connectivity index (χ1) is 11.5. The highest BCUT2D eigenvalue weighted by Crippen LogP contribution is 2.26. The number of ketones is 1. The van der Waals surface area contributed by atoms with Crippen LogP contribution in [-0.4, -0.2) is 35.8 Å². The lowest BCUT2D eigenvalue weighted by atomic mass is 10.1. The molecule has 0 aliphatic carbocycles. The number of urea groups is 1. The molecular formula is C17H23N3O5. The van der Waals surface area contributed by atoms with Gasteiger partial charge in [-0.1, -0.05) is 0 Å². The van der Waals surface area contributed by atoms with Gasteiger partial charge in [0.2, 0.25) is 5.91 Å². The van der Waals surface area contributed by atoms with Crippen LogP contribution < -0.4 is 20.7 Å². The van der Waals surface area contributed by atoms with Crippen molar-refractivity contribution in [1.82, 2.24) is 10.6 Å². The molecule has 1 aromatic carbocycles. The van der Waals surface area contributed by atoms with Gasteiger partial charge in [-0.2, -0.15) is 0 Å². The molecule has 3 N–H and O–H groups in total. The van der Waals surface area contributed by atoms with Crippen LogP contribution in [0, 0.1) is 0 Å². The zero-order valence-corrected chi connectivity index (χ0v) is 15.0. The molecule has 0 fully saturated rings. The Morgan fingerprint density at radius 1 is 1.08 bits per heavy atom. The lowest BCUT2D eigenvalue weighted by Gasteiger charge is -2.20. The Morgan fingerprint density at radius 2 is 1.72 bits per heavy atom. The smallest absolute Gasteiger partial charge is 0.321 e. The summed E-state index contributed by atoms with van der Waals surface area (Å²) >= 11 is 0. The first-order valence-corrected chi connectivity index (χ1v) is 7.65. The zero-order valence-electron chi connectivity index (χ0n) is 15.0. The highest BCUT2D eigenvalue weighted by Gasteiger charge is 2.17. The van der Waals surface area contributed by atoms with Gasteiger partial charge in [0.1, 0.15) is 5.75 Å². The molecule has 8 nitrogen and oxygen atoms in total. The molecule has 1 rings (SSSR count). The van der Waals surface area contributed by atoms with Crippen LogP contribution in [0.1, 0.15) is 45.0 Å². The Hall–Kier alpha value is -2.90. The molecule has 0 atom stereocenters. The topological polar surface area (TPSA) is 114 Å². The van der Waals surface area contributed by atoms with E-state index >= 15 is 0 Å². The van der Waals surface area contributed by atoms with Gasteiger partial charge in [-0.25, -0.2) is 4.79 Å². The standard InChI is InChI=1S/C17H23N3O5/c1-10(21)12-6-7-13(18-11(2)22)14(8-12)25-9-15(23)19-16(24)20-17(3,4)5/h6-8H,9H2,1-5H3,(H,18,22)(H2,19,20,23,24). The maximum absolute atomic E-state index is 11.8. The fraction of sp³-hybridized carbons (Fsp3) is 0.412. The molecule has 136 valence electrons. The Bertz CT molecular complexity index is 692. The van der Waals surface area contributed by atoms with Crippen molar-refractivity contribution in [3.63, 3.8) is 0 Å². The molecule has 0 unspecified atom stereocenters. The summed E-state index contributed by atoms with van der Waals surface area (Å²) in [6, 6.07) is 3.84. The highest BCUT2D eigenvalue weighted by atomic mass is 16.5. The van der Waals surface area contributed by atoms with Gasteiger partial charge < -0.3 is 15.4 Å². The molecule has 1 aromatic rings. The Kier molecular flexibility index (Phi) is 6.67. The molecule has 0 aromatic heterocycles. The van der Waals surface area contributed by atoms with Crippen molar-refractivity contribution in [2.45, 2.75) is 40.2 Å². The van der Waals surface area contributed by atoms with E-state index in [1.807, 2.05) is 0 Å². The number of carbonyl (C=O) groups is 4. The maximum Gasteiger partial charge on any atom is 0.321 e. The summed E-state index contributed by atoms with van der Waals surface area (Å²) in [4.78, 5) is 46.2. The summed E-state index contributed by atoms with van der Waals surface area (Å²) in [6.45, 7) is 7.60. The van der Waals surface area contributed by atoms with Gasteiger partial charge in [0.25, 0.3) is 5.91 Å². The van der Waals surface area contributed by atoms with Crippen molar-refractivity contribution in [1.29, 1.82) is 0 Å². The number of hydrogen-bond donors (Lipinski definition) is 3. The number of Topliss-reactive ketones (excluding diaryl/α,β-unsaturated/α-hetero) is 1. The van der Waals surface area contributed by atoms with Crippen LogP contribution in [0.2, 0.25) is 0 Å². The fourth-order valence-corrected chi connectivity index (χ4v) is 1.83. The number of ether oxygens (including phenoxy) is 1. The van der Waals surface area contributed by atoms with Gasteiger partial charge >= 0.3 is 6.03 Å². The second-order valence-electron chi connectivity index (χ2n) is 6.49. The summed E-state index contributed by atoms with van der Waals surface area (Å²) in [5.41, 5.74) is 0.207. The van der Waals surface area contributed by atoms with Crippen molar-refractivity contribution in [2.24, 2.45) is 0 Å². The Labute approximate surface area is 146 Å². The van der Waals surface area contributed by atoms with Crippen molar-refractivity contribution in [3.8, 4) is 5.75 Å². The lowest BCUT2D eigenvalue weighted by Crippen LogP contribution is -2.49. The molecule has 0 radical (unpaired) electrons. The SMILES string of the molecule is CC(=O)Nc1ccc(C(C)=O)cc1OCC(=O)NC(=O)NC(C)(C)C. The van der Waals surface area contributed by atoms with Gasteiger partial charge in [0.05, 0.1) is 5.69 Å². The van der Waals surface area contributed by atoms with E-state index in [0.717, 1.165) is 0 Å². The molecule has 0 heterocycles. The Morgan fingerprint density at radius 3 is 2.24 bits per heavy atom. The number of nitrogens with one attached hydrogen (secondary N) is 3. The van der Waals surface area contributed by atoms with Crippen molar-refractivity contribution < 1.29 is 23.9 Å². The summed E-state index contributed by atoms with van der Waals surface area (Å²) < 4.78 is 5.36. The number of anilines is 1. The normalized spacial score (nSPS) is 10.6. The largest absolute Gasteiger partial charge is 0.482 e. The summed E-state index contributed by atoms with van der Waals surface area (Å²) in [6.07, 6.45) is 0. The lowest BCUT2D eigenvalue weighted by molar-refractivity contribution is -0.122. The molecule has 0 saturated carbocycles. The van der Waals surface area contributed by atoms with Gasteiger partial charge in [-0.05, 0) is 45.9 Å². The predicted molar refractivity (Wildman–Crippen MR) is 92.7 cm³/mol. The minimum absolute atomic E-state index is 0.161. The molecule has 0 bridgehead atoms. The number of benzene rings is 1. The first kappa shape index (κ1) is 20.1. The number of carbonyl (C=O) groups excluding carboxylic acids is 4. The Balaban J connectivity index is 2.78. The third kappa shape index (κ3) is 7.47. The van der Waals surface area contributed by atoms with Crippen LogP contribution in [-0.2, 0) is 9.59 Å². The second kappa shape index (κ2) is 8.27. The van der Waals surface area contributed by atoms with E-state index in [9.17, 15) is 19.2 Å². The van der Waals surface area contributed by atoms with Gasteiger partial charge in [-0.15, -0.1) is 0 Å². The van der Waals surface area contributed by atoms with Crippen LogP contribution in [0.3, 0.4) is 0 Å². The number of imide groups is 1. The third-order valence-electron chi connectivity index (χ3n) is 2.80. The average Bonchev–Trinajstić information content (AvgIpc) is 2.43. The van der Waals surface area contributed by atoms with Gasteiger partial charge in [0, 0.05) is 18.0 Å². The van der Waals surface area contributed by atoms with Gasteiger partial charge in [-0.3, -0.25) is 19.7 Å². The maximum atomic E-state index is 11.8. The number of rotatable bonds is 5. The van der Waals surface area contributed by atoms with Crippen molar-refractivity contribution >= 4 is 29.3 Å². The quantitative estimate of drug-likeness (QED) is 0.702. The van der Waals surface area contributed by atoms with Crippen molar-refractivity contribution in [2.75, 3.05) is 11.9 Å². The molecule has 25 heavy (non-hydrogen) atoms. The average molecular weight is 349 g/mol. The fourth-order valence-electron chi connectivity index (χ4n) is 1.83. The van der Waals surface area contributed by atoms with E-state index < -0.39 is 24.1 Å². The molecular weight excluding hydrogens is 326 g/mol. The molecule has 0 aliphatic heterocycles. The summed E-state index contributed by atoms with van der Waals surface area (Å²) in [5, 5.41) is 7.27. The van der Waals surface area contributed by atoms with E-state index in [2.05, 4.69) is 16.0 Å². The number of hydrogen-bond acceptors (Lipinski definition) is 5. The van der Waals surface area contributed by atoms with Crippen LogP contribution in [0.25, 0.3) is 0 Å². The first-order valence-electron chi connectivity index (χ1n) is 7.65. The van der Waals surface area contributed by atoms with E-state index in [4.69, 9.17) is 4.74 Å². The second-order valence-corrected chi connectivity index (χ2v) is 6.49. The minimum Gasteiger partial charge on any atom is -0.482 e. The van der Waals surface area contributed by atoms with Crippen LogP contribution in [0.5, 0.6) is 5.75 Å². The van der Waals surface area contributed by atoms with Gasteiger partial charge in [0.15, 0.2) is 12.4 Å². The summed E-state index contributed by atoms with van der Waals surface area (Å²) in [5.74, 6) is -1.01. The van der Waals surface area contributed by atoms with E-state index in [-0.39, 0.29) is 17.4 Å². The van der Waals surface area contributed by atoms with Crippen LogP contribution >= 0.6 is 0 Å².